The molecule has 1 atom stereocenters. The second-order valence-electron chi connectivity index (χ2n) is 7.07. The van der Waals surface area contributed by atoms with E-state index in [2.05, 4.69) is 32.6 Å². The molecule has 2 aliphatic rings. The minimum atomic E-state index is 0.583. The Balaban J connectivity index is 2.14. The van der Waals surface area contributed by atoms with Gasteiger partial charge in [0.25, 0.3) is 0 Å². The maximum absolute atomic E-state index is 2.85. The molecule has 100 valence electrons. The Labute approximate surface area is 108 Å². The van der Waals surface area contributed by atoms with E-state index < -0.39 is 0 Å². The third kappa shape index (κ3) is 2.70. The smallest absolute Gasteiger partial charge is 0.0215 e. The number of piperidine rings is 1. The highest BCUT2D eigenvalue weighted by molar-refractivity contribution is 4.99. The van der Waals surface area contributed by atoms with Crippen LogP contribution in [0.1, 0.15) is 72.6 Å². The van der Waals surface area contributed by atoms with Gasteiger partial charge in [0.1, 0.15) is 0 Å². The third-order valence-electron chi connectivity index (χ3n) is 5.34. The van der Waals surface area contributed by atoms with Crippen LogP contribution in [0.25, 0.3) is 0 Å². The number of likely N-dealkylation sites (tertiary alicyclic amines) is 1. The van der Waals surface area contributed by atoms with Crippen LogP contribution in [0.3, 0.4) is 0 Å². The third-order valence-corrected chi connectivity index (χ3v) is 5.34. The summed E-state index contributed by atoms with van der Waals surface area (Å²) in [6.45, 7) is 11.0. The SMILES string of the molecule is CC(C)[C@H]1CCN(C(C)C)C2(CCCCC2)C1. The van der Waals surface area contributed by atoms with Gasteiger partial charge in [-0.1, -0.05) is 33.1 Å². The highest BCUT2D eigenvalue weighted by Gasteiger charge is 2.44. The van der Waals surface area contributed by atoms with Gasteiger partial charge in [0, 0.05) is 11.6 Å². The van der Waals surface area contributed by atoms with Crippen molar-refractivity contribution in [2.45, 2.75) is 84.2 Å². The van der Waals surface area contributed by atoms with Gasteiger partial charge in [-0.25, -0.2) is 0 Å². The first-order valence-electron chi connectivity index (χ1n) is 7.82. The highest BCUT2D eigenvalue weighted by Crippen LogP contribution is 2.45. The molecule has 1 heteroatoms. The summed E-state index contributed by atoms with van der Waals surface area (Å²) in [6.07, 6.45) is 10.2. The van der Waals surface area contributed by atoms with Crippen molar-refractivity contribution in [1.82, 2.24) is 4.90 Å². The molecule has 1 nitrogen and oxygen atoms in total. The second-order valence-corrected chi connectivity index (χ2v) is 7.07. The molecule has 0 N–H and O–H groups in total. The zero-order chi connectivity index (χ0) is 12.5. The Morgan fingerprint density at radius 3 is 2.18 bits per heavy atom. The fourth-order valence-corrected chi connectivity index (χ4v) is 4.33. The lowest BCUT2D eigenvalue weighted by Crippen LogP contribution is -2.58. The van der Waals surface area contributed by atoms with Crippen LogP contribution in [-0.4, -0.2) is 23.0 Å². The monoisotopic (exact) mass is 237 g/mol. The quantitative estimate of drug-likeness (QED) is 0.685. The summed E-state index contributed by atoms with van der Waals surface area (Å²) in [7, 11) is 0. The maximum Gasteiger partial charge on any atom is 0.0215 e. The van der Waals surface area contributed by atoms with Gasteiger partial charge in [-0.15, -0.1) is 0 Å². The van der Waals surface area contributed by atoms with Crippen molar-refractivity contribution in [2.24, 2.45) is 11.8 Å². The van der Waals surface area contributed by atoms with Crippen molar-refractivity contribution in [3.63, 3.8) is 0 Å². The minimum absolute atomic E-state index is 0.583. The van der Waals surface area contributed by atoms with Crippen LogP contribution in [0, 0.1) is 11.8 Å². The standard InChI is InChI=1S/C16H31N/c1-13(2)15-8-11-17(14(3)4)16(12-15)9-6-5-7-10-16/h13-15H,5-12H2,1-4H3/t15-/m0/s1. The van der Waals surface area contributed by atoms with Crippen LogP contribution in [0.4, 0.5) is 0 Å². The van der Waals surface area contributed by atoms with Gasteiger partial charge in [0.15, 0.2) is 0 Å². The first kappa shape index (κ1) is 13.4. The Morgan fingerprint density at radius 2 is 1.65 bits per heavy atom. The lowest BCUT2D eigenvalue weighted by atomic mass is 9.68. The molecule has 0 radical (unpaired) electrons. The van der Waals surface area contributed by atoms with E-state index in [0.29, 0.717) is 5.54 Å². The Hall–Kier alpha value is -0.0400. The summed E-state index contributed by atoms with van der Waals surface area (Å²) in [5, 5.41) is 0. The van der Waals surface area contributed by atoms with Gasteiger partial charge >= 0.3 is 0 Å². The zero-order valence-corrected chi connectivity index (χ0v) is 12.3. The fourth-order valence-electron chi connectivity index (χ4n) is 4.33. The average molecular weight is 237 g/mol. The molecule has 0 aromatic heterocycles. The van der Waals surface area contributed by atoms with E-state index in [0.717, 1.165) is 17.9 Å². The lowest BCUT2D eigenvalue weighted by molar-refractivity contribution is -0.0378. The van der Waals surface area contributed by atoms with Gasteiger partial charge in [-0.2, -0.15) is 0 Å². The largest absolute Gasteiger partial charge is 0.295 e. The van der Waals surface area contributed by atoms with Crippen LogP contribution in [0.5, 0.6) is 0 Å². The normalized spacial score (nSPS) is 30.4. The molecule has 1 spiro atoms. The molecular weight excluding hydrogens is 206 g/mol. The summed E-state index contributed by atoms with van der Waals surface area (Å²) >= 11 is 0. The van der Waals surface area contributed by atoms with Crippen molar-refractivity contribution in [3.05, 3.63) is 0 Å². The number of rotatable bonds is 2. The highest BCUT2D eigenvalue weighted by atomic mass is 15.2. The molecule has 0 aromatic rings. The van der Waals surface area contributed by atoms with Crippen molar-refractivity contribution < 1.29 is 0 Å². The molecule has 0 amide bonds. The fraction of sp³-hybridized carbons (Fsp3) is 1.00. The number of hydrogen-bond donors (Lipinski definition) is 0. The molecule has 0 aromatic carbocycles. The Morgan fingerprint density at radius 1 is 1.00 bits per heavy atom. The summed E-state index contributed by atoms with van der Waals surface area (Å²) in [6, 6.07) is 0.737. The Bertz CT molecular complexity index is 238. The number of hydrogen-bond acceptors (Lipinski definition) is 1. The van der Waals surface area contributed by atoms with E-state index in [1.807, 2.05) is 0 Å². The minimum Gasteiger partial charge on any atom is -0.295 e. The zero-order valence-electron chi connectivity index (χ0n) is 12.3. The van der Waals surface area contributed by atoms with Crippen molar-refractivity contribution >= 4 is 0 Å². The van der Waals surface area contributed by atoms with E-state index in [1.165, 1.54) is 51.5 Å². The summed E-state index contributed by atoms with van der Waals surface area (Å²) in [4.78, 5) is 2.85. The predicted molar refractivity (Wildman–Crippen MR) is 75.2 cm³/mol. The second kappa shape index (κ2) is 5.30. The van der Waals surface area contributed by atoms with Crippen molar-refractivity contribution in [3.8, 4) is 0 Å². The van der Waals surface area contributed by atoms with Crippen molar-refractivity contribution in [2.75, 3.05) is 6.54 Å². The van der Waals surface area contributed by atoms with Gasteiger partial charge in [0.2, 0.25) is 0 Å². The van der Waals surface area contributed by atoms with Crippen LogP contribution < -0.4 is 0 Å². The molecule has 2 rings (SSSR count). The van der Waals surface area contributed by atoms with Gasteiger partial charge < -0.3 is 0 Å². The van der Waals surface area contributed by atoms with Gasteiger partial charge in [0.05, 0.1) is 0 Å². The summed E-state index contributed by atoms with van der Waals surface area (Å²) in [5.74, 6) is 1.85. The van der Waals surface area contributed by atoms with Gasteiger partial charge in [-0.3, -0.25) is 4.90 Å². The van der Waals surface area contributed by atoms with Crippen molar-refractivity contribution in [1.29, 1.82) is 0 Å². The Kier molecular flexibility index (Phi) is 4.18. The first-order valence-corrected chi connectivity index (χ1v) is 7.82. The summed E-state index contributed by atoms with van der Waals surface area (Å²) in [5.41, 5.74) is 0.583. The molecular formula is C16H31N. The van der Waals surface area contributed by atoms with Gasteiger partial charge in [-0.05, 0) is 57.9 Å². The van der Waals surface area contributed by atoms with E-state index in [9.17, 15) is 0 Å². The van der Waals surface area contributed by atoms with Crippen LogP contribution >= 0.6 is 0 Å². The average Bonchev–Trinajstić information content (AvgIpc) is 2.29. The van der Waals surface area contributed by atoms with E-state index in [4.69, 9.17) is 0 Å². The molecule has 0 unspecified atom stereocenters. The van der Waals surface area contributed by atoms with Crippen LogP contribution in [0.15, 0.2) is 0 Å². The topological polar surface area (TPSA) is 3.24 Å². The molecule has 2 fully saturated rings. The lowest BCUT2D eigenvalue weighted by Gasteiger charge is -2.54. The molecule has 1 aliphatic carbocycles. The maximum atomic E-state index is 2.85. The molecule has 17 heavy (non-hydrogen) atoms. The van der Waals surface area contributed by atoms with Crippen LogP contribution in [0.2, 0.25) is 0 Å². The van der Waals surface area contributed by atoms with E-state index >= 15 is 0 Å². The van der Waals surface area contributed by atoms with Crippen LogP contribution in [-0.2, 0) is 0 Å². The predicted octanol–water partition coefficient (Wildman–Crippen LogP) is 4.47. The van der Waals surface area contributed by atoms with E-state index in [1.54, 1.807) is 0 Å². The number of nitrogens with zero attached hydrogens (tertiary/aromatic N) is 1. The molecule has 0 bridgehead atoms. The summed E-state index contributed by atoms with van der Waals surface area (Å²) < 4.78 is 0. The molecule has 1 saturated carbocycles. The first-order chi connectivity index (χ1) is 8.05. The van der Waals surface area contributed by atoms with E-state index in [-0.39, 0.29) is 0 Å². The molecule has 1 heterocycles. The molecule has 1 aliphatic heterocycles. The molecule has 1 saturated heterocycles.